The fourth-order valence-corrected chi connectivity index (χ4v) is 7.18. The van der Waals surface area contributed by atoms with E-state index in [4.69, 9.17) is 4.74 Å². The first kappa shape index (κ1) is 28.5. The lowest BCUT2D eigenvalue weighted by Gasteiger charge is -2.39. The van der Waals surface area contributed by atoms with Crippen molar-refractivity contribution >= 4 is 29.5 Å². The molecule has 2 bridgehead atoms. The van der Waals surface area contributed by atoms with Gasteiger partial charge in [0.1, 0.15) is 24.3 Å². The number of hydrogen-bond donors (Lipinski definition) is 4. The average Bonchev–Trinajstić information content (AvgIpc) is 3.49. The second-order valence-corrected chi connectivity index (χ2v) is 12.7. The van der Waals surface area contributed by atoms with Crippen LogP contribution < -0.4 is 5.32 Å². The van der Waals surface area contributed by atoms with Gasteiger partial charge in [-0.15, -0.1) is 0 Å². The van der Waals surface area contributed by atoms with Gasteiger partial charge >= 0.3 is 5.97 Å². The number of aromatic hydroxyl groups is 2. The number of nitrogens with one attached hydrogen (secondary N) is 1. The van der Waals surface area contributed by atoms with Gasteiger partial charge in [0.2, 0.25) is 11.8 Å². The molecule has 1 heterocycles. The predicted octanol–water partition coefficient (Wildman–Crippen LogP) is 2.60. The summed E-state index contributed by atoms with van der Waals surface area (Å²) in [5.74, 6) is -1.28. The minimum absolute atomic E-state index is 0.0689. The average molecular weight is 549 g/mol. The van der Waals surface area contributed by atoms with E-state index in [2.05, 4.69) is 26.1 Å². The maximum Gasteiger partial charge on any atom is 0.329 e. The maximum atomic E-state index is 13.5. The number of rotatable bonds is 9. The molecule has 2 saturated carbocycles. The Hall–Kier alpha value is -2.46. The van der Waals surface area contributed by atoms with Gasteiger partial charge in [-0.1, -0.05) is 26.8 Å². The van der Waals surface area contributed by atoms with Crippen LogP contribution in [-0.4, -0.2) is 80.8 Å². The largest absolute Gasteiger partial charge is 0.504 e. The minimum Gasteiger partial charge on any atom is -0.504 e. The predicted molar refractivity (Wildman–Crippen MR) is 144 cm³/mol. The number of amides is 2. The maximum absolute atomic E-state index is 13.5. The van der Waals surface area contributed by atoms with Crippen molar-refractivity contribution in [1.82, 2.24) is 10.2 Å². The minimum atomic E-state index is -1.46. The molecule has 0 aromatic heterocycles. The summed E-state index contributed by atoms with van der Waals surface area (Å²) in [6.07, 6.45) is 4.34. The van der Waals surface area contributed by atoms with Crippen LogP contribution >= 0.6 is 11.8 Å². The number of ether oxygens (including phenoxy) is 1. The topological polar surface area (TPSA) is 136 Å². The van der Waals surface area contributed by atoms with E-state index >= 15 is 0 Å². The SMILES string of the molecule is CSC[C@H](NC(=O)[C@H](O)Cc1ccc(O)c(O)c1)C(=O)N1CCC[C@H]1C(=O)OC1CC2CCC1(C)C2(C)C. The third-order valence-electron chi connectivity index (χ3n) is 9.50. The molecule has 1 saturated heterocycles. The second-order valence-electron chi connectivity index (χ2n) is 11.8. The number of phenolic OH excluding ortho intramolecular Hbond substituents is 2. The Morgan fingerprint density at radius 3 is 2.53 bits per heavy atom. The molecule has 9 nitrogen and oxygen atoms in total. The molecule has 4 rings (SSSR count). The molecular weight excluding hydrogens is 508 g/mol. The highest BCUT2D eigenvalue weighted by Crippen LogP contribution is 2.66. The van der Waals surface area contributed by atoms with Gasteiger partial charge in [-0.2, -0.15) is 11.8 Å². The number of fused-ring (bicyclic) bond motifs is 2. The zero-order valence-electron chi connectivity index (χ0n) is 22.6. The van der Waals surface area contributed by atoms with Crippen LogP contribution in [0.5, 0.6) is 11.5 Å². The Morgan fingerprint density at radius 1 is 1.18 bits per heavy atom. The van der Waals surface area contributed by atoms with E-state index in [-0.39, 0.29) is 52.5 Å². The quantitative estimate of drug-likeness (QED) is 0.273. The van der Waals surface area contributed by atoms with Crippen LogP contribution in [-0.2, 0) is 25.5 Å². The molecule has 38 heavy (non-hydrogen) atoms. The van der Waals surface area contributed by atoms with Crippen molar-refractivity contribution in [2.45, 2.75) is 83.6 Å². The highest BCUT2D eigenvalue weighted by atomic mass is 32.2. The molecule has 6 atom stereocenters. The lowest BCUT2D eigenvalue weighted by atomic mass is 9.70. The third-order valence-corrected chi connectivity index (χ3v) is 10.2. The van der Waals surface area contributed by atoms with Crippen molar-refractivity contribution < 1.29 is 34.4 Å². The van der Waals surface area contributed by atoms with Gasteiger partial charge in [-0.3, -0.25) is 9.59 Å². The third kappa shape index (κ3) is 5.21. The molecule has 1 aromatic carbocycles. The van der Waals surface area contributed by atoms with Crippen molar-refractivity contribution in [3.63, 3.8) is 0 Å². The lowest BCUT2D eigenvalue weighted by molar-refractivity contribution is -0.165. The number of carbonyl (C=O) groups is 3. The van der Waals surface area contributed by atoms with Gasteiger partial charge in [-0.05, 0) is 67.4 Å². The molecule has 0 spiro atoms. The standard InChI is InChI=1S/C28H40N2O7S/c1-27(2)17-9-10-28(27,3)23(14-17)37-26(36)19-6-5-11-30(19)25(35)18(15-38-4)29-24(34)22(33)13-16-7-8-20(31)21(32)12-16/h7-8,12,17-19,22-23,31-33H,5-6,9-11,13-15H2,1-4H3,(H,29,34)/t17?,18-,19-,22+,23?,28?/m0/s1. The zero-order chi connectivity index (χ0) is 27.8. The van der Waals surface area contributed by atoms with Crippen molar-refractivity contribution in [3.8, 4) is 11.5 Å². The van der Waals surface area contributed by atoms with Gasteiger partial charge < -0.3 is 30.3 Å². The Bertz CT molecular complexity index is 1080. The fraction of sp³-hybridized carbons (Fsp3) is 0.679. The summed E-state index contributed by atoms with van der Waals surface area (Å²) in [5, 5.41) is 32.2. The number of aliphatic hydroxyl groups excluding tert-OH is 1. The number of nitrogens with zero attached hydrogens (tertiary/aromatic N) is 1. The fourth-order valence-electron chi connectivity index (χ4n) is 6.62. The highest BCUT2D eigenvalue weighted by Gasteiger charge is 2.63. The number of benzene rings is 1. The van der Waals surface area contributed by atoms with Gasteiger partial charge in [0.05, 0.1) is 0 Å². The van der Waals surface area contributed by atoms with E-state index in [1.54, 1.807) is 0 Å². The van der Waals surface area contributed by atoms with Crippen LogP contribution in [0.2, 0.25) is 0 Å². The van der Waals surface area contributed by atoms with Crippen LogP contribution in [0.15, 0.2) is 18.2 Å². The molecule has 1 aliphatic heterocycles. The van der Waals surface area contributed by atoms with Gasteiger partial charge in [0.25, 0.3) is 0 Å². The summed E-state index contributed by atoms with van der Waals surface area (Å²) in [4.78, 5) is 41.1. The van der Waals surface area contributed by atoms with Crippen molar-refractivity contribution in [1.29, 1.82) is 0 Å². The first-order valence-corrected chi connectivity index (χ1v) is 14.8. The van der Waals surface area contributed by atoms with E-state index in [9.17, 15) is 29.7 Å². The number of phenols is 2. The number of aliphatic hydroxyl groups is 1. The highest BCUT2D eigenvalue weighted by molar-refractivity contribution is 7.98. The molecule has 0 radical (unpaired) electrons. The molecule has 3 aliphatic rings. The molecule has 4 N–H and O–H groups in total. The number of hydrogen-bond acceptors (Lipinski definition) is 8. The van der Waals surface area contributed by atoms with Gasteiger partial charge in [0.15, 0.2) is 11.5 Å². The summed E-state index contributed by atoms with van der Waals surface area (Å²) in [5.41, 5.74) is 0.493. The summed E-state index contributed by atoms with van der Waals surface area (Å²) in [6.45, 7) is 7.14. The second kappa shape index (κ2) is 11.0. The van der Waals surface area contributed by atoms with Gasteiger partial charge in [-0.25, -0.2) is 4.79 Å². The summed E-state index contributed by atoms with van der Waals surface area (Å²) in [6, 6.07) is 2.45. The number of esters is 1. The molecule has 3 unspecified atom stereocenters. The Kier molecular flexibility index (Phi) is 8.23. The molecular formula is C28H40N2O7S. The summed E-state index contributed by atoms with van der Waals surface area (Å²) >= 11 is 1.38. The van der Waals surface area contributed by atoms with Crippen LogP contribution in [0.25, 0.3) is 0 Å². The van der Waals surface area contributed by atoms with E-state index in [1.807, 2.05) is 6.26 Å². The van der Waals surface area contributed by atoms with E-state index in [0.29, 0.717) is 30.9 Å². The monoisotopic (exact) mass is 548 g/mol. The van der Waals surface area contributed by atoms with Crippen molar-refractivity contribution in [3.05, 3.63) is 23.8 Å². The molecule has 10 heteroatoms. The van der Waals surface area contributed by atoms with Crippen LogP contribution in [0.1, 0.15) is 58.4 Å². The number of likely N-dealkylation sites (tertiary alicyclic amines) is 1. The Morgan fingerprint density at radius 2 is 1.92 bits per heavy atom. The van der Waals surface area contributed by atoms with Gasteiger partial charge in [0, 0.05) is 24.1 Å². The molecule has 3 fully saturated rings. The van der Waals surface area contributed by atoms with E-state index in [0.717, 1.165) is 19.3 Å². The number of thioether (sulfide) groups is 1. The smallest absolute Gasteiger partial charge is 0.329 e. The van der Waals surface area contributed by atoms with Crippen molar-refractivity contribution in [2.24, 2.45) is 16.7 Å². The normalized spacial score (nSPS) is 29.2. The molecule has 1 aromatic rings. The van der Waals surface area contributed by atoms with Crippen LogP contribution in [0.4, 0.5) is 0 Å². The zero-order valence-corrected chi connectivity index (χ0v) is 23.4. The van der Waals surface area contributed by atoms with E-state index in [1.165, 1.54) is 34.9 Å². The van der Waals surface area contributed by atoms with E-state index < -0.39 is 24.1 Å². The summed E-state index contributed by atoms with van der Waals surface area (Å²) in [7, 11) is 0. The van der Waals surface area contributed by atoms with Crippen LogP contribution in [0.3, 0.4) is 0 Å². The first-order chi connectivity index (χ1) is 17.9. The Labute approximate surface area is 228 Å². The molecule has 2 aliphatic carbocycles. The lowest BCUT2D eigenvalue weighted by Crippen LogP contribution is -2.55. The summed E-state index contributed by atoms with van der Waals surface area (Å²) < 4.78 is 6.09. The molecule has 2 amide bonds. The number of carbonyl (C=O) groups excluding carboxylic acids is 3. The Balaban J connectivity index is 1.39. The van der Waals surface area contributed by atoms with Crippen LogP contribution in [0, 0.1) is 16.7 Å². The molecule has 210 valence electrons. The first-order valence-electron chi connectivity index (χ1n) is 13.4. The van der Waals surface area contributed by atoms with Crippen molar-refractivity contribution in [2.75, 3.05) is 18.6 Å².